The average Bonchev–Trinajstić information content (AvgIpc) is 3.12. The number of nitro benzene ring substituents is 1. The molecule has 26 heavy (non-hydrogen) atoms. The molecule has 0 atom stereocenters. The van der Waals surface area contributed by atoms with Gasteiger partial charge >= 0.3 is 11.7 Å². The maximum Gasteiger partial charge on any atom is 0.382 e. The molecule has 0 saturated carbocycles. The summed E-state index contributed by atoms with van der Waals surface area (Å²) in [5.41, 5.74) is 1.93. The monoisotopic (exact) mass is 354 g/mol. The lowest BCUT2D eigenvalue weighted by atomic mass is 10.1. The van der Waals surface area contributed by atoms with Gasteiger partial charge in [-0.05, 0) is 19.1 Å². The molecule has 2 aromatic carbocycles. The second-order valence-electron chi connectivity index (χ2n) is 5.42. The standard InChI is InChI=1S/C18H14N2O6/c1-11-3-5-12(6-4-11)14-10-17(26-19-14)18(21)25-16-8-7-13(24-2)9-15(16)20(22)23/h3-10H,1-2H3. The van der Waals surface area contributed by atoms with Gasteiger partial charge in [0.05, 0.1) is 18.1 Å². The van der Waals surface area contributed by atoms with Gasteiger partial charge in [0.25, 0.3) is 0 Å². The molecule has 0 aliphatic rings. The van der Waals surface area contributed by atoms with Crippen molar-refractivity contribution in [1.82, 2.24) is 5.16 Å². The number of nitrogens with zero attached hydrogens (tertiary/aromatic N) is 2. The maximum absolute atomic E-state index is 12.2. The zero-order valence-corrected chi connectivity index (χ0v) is 14.0. The van der Waals surface area contributed by atoms with E-state index in [1.165, 1.54) is 31.4 Å². The molecule has 8 nitrogen and oxygen atoms in total. The minimum absolute atomic E-state index is 0.161. The number of methoxy groups -OCH3 is 1. The molecule has 0 spiro atoms. The van der Waals surface area contributed by atoms with Crippen molar-refractivity contribution < 1.29 is 23.7 Å². The van der Waals surface area contributed by atoms with Crippen molar-refractivity contribution >= 4 is 11.7 Å². The Morgan fingerprint density at radius 3 is 2.54 bits per heavy atom. The number of hydrogen-bond acceptors (Lipinski definition) is 7. The topological polar surface area (TPSA) is 105 Å². The molecule has 132 valence electrons. The molecule has 1 heterocycles. The Bertz CT molecular complexity index is 962. The van der Waals surface area contributed by atoms with E-state index in [0.717, 1.165) is 11.1 Å². The van der Waals surface area contributed by atoms with Gasteiger partial charge < -0.3 is 14.0 Å². The second kappa shape index (κ2) is 7.06. The van der Waals surface area contributed by atoms with Crippen LogP contribution >= 0.6 is 0 Å². The fourth-order valence-electron chi connectivity index (χ4n) is 2.24. The number of aryl methyl sites for hydroxylation is 1. The molecule has 1 aromatic heterocycles. The Balaban J connectivity index is 1.83. The molecule has 0 unspecified atom stereocenters. The van der Waals surface area contributed by atoms with Crippen LogP contribution in [0.3, 0.4) is 0 Å². The highest BCUT2D eigenvalue weighted by atomic mass is 16.6. The zero-order valence-electron chi connectivity index (χ0n) is 14.0. The third-order valence-corrected chi connectivity index (χ3v) is 3.62. The van der Waals surface area contributed by atoms with Gasteiger partial charge in [0, 0.05) is 11.6 Å². The van der Waals surface area contributed by atoms with Crippen molar-refractivity contribution in [3.05, 3.63) is 70.0 Å². The molecule has 0 fully saturated rings. The van der Waals surface area contributed by atoms with Crippen molar-refractivity contribution in [3.8, 4) is 22.8 Å². The predicted octanol–water partition coefficient (Wildman–Crippen LogP) is 3.79. The molecule has 0 aliphatic carbocycles. The summed E-state index contributed by atoms with van der Waals surface area (Å²) in [6, 6.07) is 12.8. The average molecular weight is 354 g/mol. The van der Waals surface area contributed by atoms with Crippen LogP contribution in [0.4, 0.5) is 5.69 Å². The minimum atomic E-state index is -0.885. The van der Waals surface area contributed by atoms with E-state index in [9.17, 15) is 14.9 Å². The van der Waals surface area contributed by atoms with Gasteiger partial charge in [-0.25, -0.2) is 4.79 Å². The lowest BCUT2D eigenvalue weighted by Gasteiger charge is -2.05. The van der Waals surface area contributed by atoms with Gasteiger partial charge in [-0.1, -0.05) is 35.0 Å². The third kappa shape index (κ3) is 3.54. The number of esters is 1. The quantitative estimate of drug-likeness (QED) is 0.297. The van der Waals surface area contributed by atoms with Gasteiger partial charge in [0.15, 0.2) is 0 Å². The smallest absolute Gasteiger partial charge is 0.382 e. The normalized spacial score (nSPS) is 10.4. The van der Waals surface area contributed by atoms with Gasteiger partial charge in [-0.3, -0.25) is 10.1 Å². The fourth-order valence-corrected chi connectivity index (χ4v) is 2.24. The highest BCUT2D eigenvalue weighted by molar-refractivity contribution is 5.89. The second-order valence-corrected chi connectivity index (χ2v) is 5.42. The first-order valence-corrected chi connectivity index (χ1v) is 7.56. The number of hydrogen-bond donors (Lipinski definition) is 0. The van der Waals surface area contributed by atoms with E-state index in [0.29, 0.717) is 5.69 Å². The molecule has 3 aromatic rings. The van der Waals surface area contributed by atoms with Crippen molar-refractivity contribution in [2.24, 2.45) is 0 Å². The molecule has 0 amide bonds. The van der Waals surface area contributed by atoms with Gasteiger partial charge in [-0.2, -0.15) is 0 Å². The highest BCUT2D eigenvalue weighted by Gasteiger charge is 2.23. The number of rotatable bonds is 5. The first kappa shape index (κ1) is 17.2. The molecular weight excluding hydrogens is 340 g/mol. The zero-order chi connectivity index (χ0) is 18.7. The largest absolute Gasteiger partial charge is 0.496 e. The first-order chi connectivity index (χ1) is 12.5. The van der Waals surface area contributed by atoms with E-state index < -0.39 is 16.6 Å². The summed E-state index contributed by atoms with van der Waals surface area (Å²) in [5.74, 6) is -0.985. The molecule has 0 radical (unpaired) electrons. The fraction of sp³-hybridized carbons (Fsp3) is 0.111. The lowest BCUT2D eigenvalue weighted by molar-refractivity contribution is -0.385. The van der Waals surface area contributed by atoms with Crippen LogP contribution in [0.2, 0.25) is 0 Å². The molecular formula is C18H14N2O6. The summed E-state index contributed by atoms with van der Waals surface area (Å²) >= 11 is 0. The Morgan fingerprint density at radius 1 is 1.15 bits per heavy atom. The summed E-state index contributed by atoms with van der Waals surface area (Å²) < 4.78 is 15.0. The van der Waals surface area contributed by atoms with Crippen LogP contribution in [-0.4, -0.2) is 23.2 Å². The van der Waals surface area contributed by atoms with E-state index in [2.05, 4.69) is 5.16 Å². The van der Waals surface area contributed by atoms with E-state index >= 15 is 0 Å². The van der Waals surface area contributed by atoms with Crippen molar-refractivity contribution in [3.63, 3.8) is 0 Å². The number of aromatic nitrogens is 1. The summed E-state index contributed by atoms with van der Waals surface area (Å²) in [6.45, 7) is 1.96. The van der Waals surface area contributed by atoms with Gasteiger partial charge in [-0.15, -0.1) is 0 Å². The van der Waals surface area contributed by atoms with Gasteiger partial charge in [0.1, 0.15) is 11.4 Å². The van der Waals surface area contributed by atoms with Gasteiger partial charge in [0.2, 0.25) is 11.5 Å². The SMILES string of the molecule is COc1ccc(OC(=O)c2cc(-c3ccc(C)cc3)no2)c([N+](=O)[O-])c1. The molecule has 0 N–H and O–H groups in total. The molecule has 0 saturated heterocycles. The summed E-state index contributed by atoms with van der Waals surface area (Å²) in [5, 5.41) is 15.0. The number of benzene rings is 2. The first-order valence-electron chi connectivity index (χ1n) is 7.56. The van der Waals surface area contributed by atoms with Crippen molar-refractivity contribution in [1.29, 1.82) is 0 Å². The van der Waals surface area contributed by atoms with E-state index in [-0.39, 0.29) is 17.3 Å². The van der Waals surface area contributed by atoms with Crippen LogP contribution in [-0.2, 0) is 0 Å². The third-order valence-electron chi connectivity index (χ3n) is 3.62. The van der Waals surface area contributed by atoms with E-state index in [1.54, 1.807) is 0 Å². The number of carbonyl (C=O) groups excluding carboxylic acids is 1. The van der Waals surface area contributed by atoms with Crippen molar-refractivity contribution in [2.45, 2.75) is 6.92 Å². The highest BCUT2D eigenvalue weighted by Crippen LogP contribution is 2.31. The number of carbonyl (C=O) groups is 1. The van der Waals surface area contributed by atoms with Crippen LogP contribution in [0.15, 0.2) is 53.1 Å². The Kier molecular flexibility index (Phi) is 4.66. The van der Waals surface area contributed by atoms with Crippen LogP contribution in [0.25, 0.3) is 11.3 Å². The van der Waals surface area contributed by atoms with Crippen LogP contribution < -0.4 is 9.47 Å². The lowest BCUT2D eigenvalue weighted by Crippen LogP contribution is -2.08. The summed E-state index contributed by atoms with van der Waals surface area (Å²) in [6.07, 6.45) is 0. The summed E-state index contributed by atoms with van der Waals surface area (Å²) in [7, 11) is 1.38. The predicted molar refractivity (Wildman–Crippen MR) is 91.3 cm³/mol. The van der Waals surface area contributed by atoms with Crippen molar-refractivity contribution in [2.75, 3.05) is 7.11 Å². The number of nitro groups is 1. The van der Waals surface area contributed by atoms with Crippen LogP contribution in [0.1, 0.15) is 16.1 Å². The van der Waals surface area contributed by atoms with E-state index in [4.69, 9.17) is 14.0 Å². The molecule has 8 heteroatoms. The van der Waals surface area contributed by atoms with E-state index in [1.807, 2.05) is 31.2 Å². The van der Waals surface area contributed by atoms with Crippen LogP contribution in [0, 0.1) is 17.0 Å². The Morgan fingerprint density at radius 2 is 1.88 bits per heavy atom. The summed E-state index contributed by atoms with van der Waals surface area (Å²) in [4.78, 5) is 22.7. The maximum atomic E-state index is 12.2. The molecule has 0 aliphatic heterocycles. The van der Waals surface area contributed by atoms with Crippen LogP contribution in [0.5, 0.6) is 11.5 Å². The Labute approximate surface area is 148 Å². The molecule has 3 rings (SSSR count). The molecule has 0 bridgehead atoms. The Hall–Kier alpha value is -3.68. The minimum Gasteiger partial charge on any atom is -0.496 e. The number of ether oxygens (including phenoxy) is 2.